The fourth-order valence-corrected chi connectivity index (χ4v) is 2.42. The summed E-state index contributed by atoms with van der Waals surface area (Å²) in [6, 6.07) is 7.50. The van der Waals surface area contributed by atoms with Crippen molar-refractivity contribution in [1.29, 1.82) is 0 Å². The van der Waals surface area contributed by atoms with Crippen LogP contribution in [-0.2, 0) is 4.79 Å². The van der Waals surface area contributed by atoms with E-state index in [0.29, 0.717) is 5.69 Å². The second-order valence-electron chi connectivity index (χ2n) is 5.13. The largest absolute Gasteiger partial charge is 0.399 e. The molecule has 1 aliphatic rings. The third kappa shape index (κ3) is 3.81. The Labute approximate surface area is 114 Å². The van der Waals surface area contributed by atoms with Gasteiger partial charge in [0.15, 0.2) is 0 Å². The first-order valence-electron chi connectivity index (χ1n) is 6.87. The lowest BCUT2D eigenvalue weighted by Gasteiger charge is -2.19. The Morgan fingerprint density at radius 2 is 2.05 bits per heavy atom. The minimum atomic E-state index is 0.0444. The number of nitrogens with zero attached hydrogens (tertiary/aromatic N) is 1. The zero-order valence-corrected chi connectivity index (χ0v) is 11.4. The van der Waals surface area contributed by atoms with Crippen molar-refractivity contribution in [3.63, 3.8) is 0 Å². The van der Waals surface area contributed by atoms with Crippen LogP contribution in [0.4, 0.5) is 5.69 Å². The predicted octanol–water partition coefficient (Wildman–Crippen LogP) is 2.69. The fourth-order valence-electron chi connectivity index (χ4n) is 2.42. The summed E-state index contributed by atoms with van der Waals surface area (Å²) in [5.41, 5.74) is 10.8. The maximum Gasteiger partial charge on any atom is 0.243 e. The second kappa shape index (κ2) is 6.36. The van der Waals surface area contributed by atoms with Crippen molar-refractivity contribution >= 4 is 17.3 Å². The number of carbonyl (C=O) groups excluding carboxylic acids is 1. The molecule has 1 fully saturated rings. The molecule has 19 heavy (non-hydrogen) atoms. The number of nitrogens with two attached hydrogens (primary N) is 1. The summed E-state index contributed by atoms with van der Waals surface area (Å²) in [4.78, 5) is 12.0. The van der Waals surface area contributed by atoms with E-state index in [-0.39, 0.29) is 11.8 Å². The summed E-state index contributed by atoms with van der Waals surface area (Å²) in [5, 5.41) is 4.17. The Bertz CT molecular complexity index is 476. The van der Waals surface area contributed by atoms with Crippen LogP contribution in [0.15, 0.2) is 29.4 Å². The van der Waals surface area contributed by atoms with Crippen LogP contribution in [-0.4, -0.2) is 11.6 Å². The van der Waals surface area contributed by atoms with Gasteiger partial charge in [0.2, 0.25) is 5.91 Å². The zero-order valence-electron chi connectivity index (χ0n) is 11.4. The van der Waals surface area contributed by atoms with E-state index in [9.17, 15) is 4.79 Å². The molecule has 1 amide bonds. The minimum absolute atomic E-state index is 0.0444. The third-order valence-corrected chi connectivity index (χ3v) is 3.61. The molecular formula is C15H21N3O. The maximum absolute atomic E-state index is 12.0. The molecule has 0 heterocycles. The average Bonchev–Trinajstić information content (AvgIpc) is 2.45. The molecular weight excluding hydrogens is 238 g/mol. The standard InChI is InChI=1S/C15H21N3O/c1-11(13-8-5-9-14(16)10-13)17-18-15(19)12-6-3-2-4-7-12/h5,8-10,12H,2-4,6-7,16H2,1H3,(H,18,19)/b17-11+. The number of hydrazone groups is 1. The highest BCUT2D eigenvalue weighted by Crippen LogP contribution is 2.23. The van der Waals surface area contributed by atoms with E-state index in [1.165, 1.54) is 6.42 Å². The highest BCUT2D eigenvalue weighted by atomic mass is 16.2. The number of rotatable bonds is 3. The molecule has 0 aliphatic heterocycles. The van der Waals surface area contributed by atoms with Gasteiger partial charge < -0.3 is 5.73 Å². The molecule has 0 atom stereocenters. The van der Waals surface area contributed by atoms with Gasteiger partial charge in [-0.25, -0.2) is 5.43 Å². The van der Waals surface area contributed by atoms with E-state index in [2.05, 4.69) is 10.5 Å². The SMILES string of the molecule is C/C(=N\NC(=O)C1CCCCC1)c1cccc(N)c1. The quantitative estimate of drug-likeness (QED) is 0.498. The van der Waals surface area contributed by atoms with Crippen LogP contribution in [0.25, 0.3) is 0 Å². The van der Waals surface area contributed by atoms with Gasteiger partial charge in [0.25, 0.3) is 0 Å². The molecule has 1 aromatic rings. The molecule has 0 aromatic heterocycles. The van der Waals surface area contributed by atoms with Crippen LogP contribution >= 0.6 is 0 Å². The van der Waals surface area contributed by atoms with Crippen LogP contribution in [0.2, 0.25) is 0 Å². The summed E-state index contributed by atoms with van der Waals surface area (Å²) in [5.74, 6) is 0.175. The number of amides is 1. The monoisotopic (exact) mass is 259 g/mol. The topological polar surface area (TPSA) is 67.5 Å². The molecule has 0 spiro atoms. The normalized spacial score (nSPS) is 17.2. The van der Waals surface area contributed by atoms with E-state index in [1.54, 1.807) is 0 Å². The lowest BCUT2D eigenvalue weighted by atomic mass is 9.89. The second-order valence-corrected chi connectivity index (χ2v) is 5.13. The van der Waals surface area contributed by atoms with Crippen LogP contribution < -0.4 is 11.2 Å². The fraction of sp³-hybridized carbons (Fsp3) is 0.467. The molecule has 0 unspecified atom stereocenters. The van der Waals surface area contributed by atoms with Gasteiger partial charge in [0.05, 0.1) is 5.71 Å². The van der Waals surface area contributed by atoms with Gasteiger partial charge in [0, 0.05) is 11.6 Å². The number of nitrogen functional groups attached to an aromatic ring is 1. The number of nitrogens with one attached hydrogen (secondary N) is 1. The van der Waals surface area contributed by atoms with Crippen LogP contribution in [0.3, 0.4) is 0 Å². The van der Waals surface area contributed by atoms with E-state index in [0.717, 1.165) is 37.0 Å². The summed E-state index contributed by atoms with van der Waals surface area (Å²) >= 11 is 0. The summed E-state index contributed by atoms with van der Waals surface area (Å²) in [6.07, 6.45) is 5.51. The van der Waals surface area contributed by atoms with Gasteiger partial charge in [-0.15, -0.1) is 0 Å². The number of carbonyl (C=O) groups is 1. The van der Waals surface area contributed by atoms with Crippen LogP contribution in [0, 0.1) is 5.92 Å². The van der Waals surface area contributed by atoms with E-state index >= 15 is 0 Å². The Morgan fingerprint density at radius 3 is 2.74 bits per heavy atom. The first-order valence-corrected chi connectivity index (χ1v) is 6.87. The molecule has 3 N–H and O–H groups in total. The van der Waals surface area contributed by atoms with Crippen LogP contribution in [0.5, 0.6) is 0 Å². The van der Waals surface area contributed by atoms with E-state index in [1.807, 2.05) is 31.2 Å². The van der Waals surface area contributed by atoms with Gasteiger partial charge in [-0.1, -0.05) is 31.4 Å². The molecule has 1 saturated carbocycles. The van der Waals surface area contributed by atoms with Gasteiger partial charge in [-0.05, 0) is 37.5 Å². The van der Waals surface area contributed by atoms with Crippen molar-refractivity contribution in [3.8, 4) is 0 Å². The zero-order chi connectivity index (χ0) is 13.7. The van der Waals surface area contributed by atoms with Crippen molar-refractivity contribution in [3.05, 3.63) is 29.8 Å². The molecule has 4 nitrogen and oxygen atoms in total. The lowest BCUT2D eigenvalue weighted by Crippen LogP contribution is -2.29. The van der Waals surface area contributed by atoms with Crippen molar-refractivity contribution in [2.45, 2.75) is 39.0 Å². The molecule has 4 heteroatoms. The molecule has 0 bridgehead atoms. The minimum Gasteiger partial charge on any atom is -0.399 e. The smallest absolute Gasteiger partial charge is 0.243 e. The Morgan fingerprint density at radius 1 is 1.32 bits per heavy atom. The van der Waals surface area contributed by atoms with Crippen LogP contribution in [0.1, 0.15) is 44.6 Å². The van der Waals surface area contributed by atoms with Crippen molar-refractivity contribution < 1.29 is 4.79 Å². The first-order chi connectivity index (χ1) is 9.16. The number of hydrogen-bond donors (Lipinski definition) is 2. The summed E-state index contributed by atoms with van der Waals surface area (Å²) < 4.78 is 0. The molecule has 1 aliphatic carbocycles. The van der Waals surface area contributed by atoms with Crippen molar-refractivity contribution in [1.82, 2.24) is 5.43 Å². The average molecular weight is 259 g/mol. The third-order valence-electron chi connectivity index (χ3n) is 3.61. The molecule has 2 rings (SSSR count). The van der Waals surface area contributed by atoms with Gasteiger partial charge >= 0.3 is 0 Å². The van der Waals surface area contributed by atoms with Gasteiger partial charge in [-0.3, -0.25) is 4.79 Å². The highest BCUT2D eigenvalue weighted by Gasteiger charge is 2.20. The molecule has 1 aromatic carbocycles. The molecule has 0 saturated heterocycles. The predicted molar refractivity (Wildman–Crippen MR) is 77.8 cm³/mol. The van der Waals surface area contributed by atoms with Gasteiger partial charge in [-0.2, -0.15) is 5.10 Å². The van der Waals surface area contributed by atoms with Crippen molar-refractivity contribution in [2.24, 2.45) is 11.0 Å². The molecule has 102 valence electrons. The van der Waals surface area contributed by atoms with E-state index in [4.69, 9.17) is 5.73 Å². The van der Waals surface area contributed by atoms with Gasteiger partial charge in [0.1, 0.15) is 0 Å². The molecule has 0 radical (unpaired) electrons. The number of hydrogen-bond acceptors (Lipinski definition) is 3. The van der Waals surface area contributed by atoms with Crippen molar-refractivity contribution in [2.75, 3.05) is 5.73 Å². The summed E-state index contributed by atoms with van der Waals surface area (Å²) in [7, 11) is 0. The Hall–Kier alpha value is -1.84. The van der Waals surface area contributed by atoms with E-state index < -0.39 is 0 Å². The number of benzene rings is 1. The lowest BCUT2D eigenvalue weighted by molar-refractivity contribution is -0.125. The summed E-state index contributed by atoms with van der Waals surface area (Å²) in [6.45, 7) is 1.87. The maximum atomic E-state index is 12.0. The number of anilines is 1. The Kier molecular flexibility index (Phi) is 4.55. The highest BCUT2D eigenvalue weighted by molar-refractivity contribution is 5.99. The Balaban J connectivity index is 1.95. The first kappa shape index (κ1) is 13.6.